The number of carboxylic acids is 1. The van der Waals surface area contributed by atoms with Gasteiger partial charge in [0.15, 0.2) is 0 Å². The molecule has 3 N–H and O–H groups in total. The fourth-order valence-electron chi connectivity index (χ4n) is 4.84. The molecule has 12 nitrogen and oxygen atoms in total. The van der Waals surface area contributed by atoms with Crippen LogP contribution in [-0.2, 0) is 23.9 Å². The van der Waals surface area contributed by atoms with Gasteiger partial charge in [-0.05, 0) is 71.4 Å². The fourth-order valence-corrected chi connectivity index (χ4v) is 4.84. The summed E-state index contributed by atoms with van der Waals surface area (Å²) < 4.78 is 11.2. The standard InChI is InChI=1S/C30H48N4O8/c1-11-17(4)24(28(38)39)32-26(36)21-14-13-20(22-15-12-18(5)41-22)34(21)27(37)23(16(2)3)31-25(35)19(6)33(10)29(40)42-30(7,8)9/h12,15-17,19-21,23-24H,11,13-14H2,1-10H3,(H,31,35)(H,32,36)(H,38,39)/t17?,19-,20+,21-,23-,24?/m0/s1. The Morgan fingerprint density at radius 2 is 1.69 bits per heavy atom. The van der Waals surface area contributed by atoms with E-state index >= 15 is 0 Å². The molecule has 0 aromatic carbocycles. The van der Waals surface area contributed by atoms with E-state index in [2.05, 4.69) is 10.6 Å². The molecule has 0 saturated carbocycles. The number of rotatable bonds is 11. The number of likely N-dealkylation sites (tertiary alicyclic amines) is 1. The fraction of sp³-hybridized carbons (Fsp3) is 0.700. The van der Waals surface area contributed by atoms with Gasteiger partial charge in [0.1, 0.15) is 41.3 Å². The minimum Gasteiger partial charge on any atom is -0.480 e. The number of amides is 4. The first kappa shape index (κ1) is 34.6. The molecule has 1 fully saturated rings. The number of nitrogens with zero attached hydrogens (tertiary/aromatic N) is 2. The van der Waals surface area contributed by atoms with Crippen LogP contribution in [0.2, 0.25) is 0 Å². The van der Waals surface area contributed by atoms with E-state index in [-0.39, 0.29) is 18.3 Å². The SMILES string of the molecule is CCC(C)C(NC(=O)[C@@H]1CC[C@H](c2ccc(C)o2)N1C(=O)[C@@H](NC(=O)[C@H](C)N(C)C(=O)OC(C)(C)C)C(C)C)C(=O)O. The lowest BCUT2D eigenvalue weighted by molar-refractivity contribution is -0.147. The second-order valence-electron chi connectivity index (χ2n) is 12.5. The van der Waals surface area contributed by atoms with Gasteiger partial charge in [-0.2, -0.15) is 0 Å². The number of carbonyl (C=O) groups is 5. The average molecular weight is 593 g/mol. The summed E-state index contributed by atoms with van der Waals surface area (Å²) in [5.74, 6) is -2.36. The highest BCUT2D eigenvalue weighted by Gasteiger charge is 2.47. The van der Waals surface area contributed by atoms with Crippen LogP contribution in [0, 0.1) is 18.8 Å². The lowest BCUT2D eigenvalue weighted by Crippen LogP contribution is -2.59. The first-order chi connectivity index (χ1) is 19.4. The maximum Gasteiger partial charge on any atom is 0.410 e. The van der Waals surface area contributed by atoms with Gasteiger partial charge in [0, 0.05) is 7.05 Å². The molecular formula is C30H48N4O8. The summed E-state index contributed by atoms with van der Waals surface area (Å²) in [5, 5.41) is 15.2. The van der Waals surface area contributed by atoms with Crippen LogP contribution in [0.25, 0.3) is 0 Å². The number of furan rings is 1. The molecule has 0 bridgehead atoms. The molecule has 42 heavy (non-hydrogen) atoms. The Morgan fingerprint density at radius 3 is 2.17 bits per heavy atom. The van der Waals surface area contributed by atoms with Crippen molar-refractivity contribution in [3.63, 3.8) is 0 Å². The predicted octanol–water partition coefficient (Wildman–Crippen LogP) is 3.63. The zero-order valence-corrected chi connectivity index (χ0v) is 26.5. The van der Waals surface area contributed by atoms with Crippen molar-refractivity contribution < 1.29 is 38.2 Å². The van der Waals surface area contributed by atoms with Crippen LogP contribution in [0.1, 0.15) is 92.2 Å². The maximum atomic E-state index is 14.2. The number of aryl methyl sites for hydroxylation is 1. The summed E-state index contributed by atoms with van der Waals surface area (Å²) in [6.45, 7) is 15.6. The second kappa shape index (κ2) is 14.1. The van der Waals surface area contributed by atoms with Crippen LogP contribution in [0.15, 0.2) is 16.5 Å². The van der Waals surface area contributed by atoms with E-state index in [1.54, 1.807) is 60.6 Å². The van der Waals surface area contributed by atoms with Gasteiger partial charge in [-0.1, -0.05) is 34.1 Å². The maximum absolute atomic E-state index is 14.2. The van der Waals surface area contributed by atoms with E-state index in [1.165, 1.54) is 18.9 Å². The van der Waals surface area contributed by atoms with Gasteiger partial charge in [-0.15, -0.1) is 0 Å². The first-order valence-corrected chi connectivity index (χ1v) is 14.6. The van der Waals surface area contributed by atoms with E-state index in [0.717, 1.165) is 4.90 Å². The smallest absolute Gasteiger partial charge is 0.410 e. The van der Waals surface area contributed by atoms with Crippen molar-refractivity contribution in [2.24, 2.45) is 11.8 Å². The molecule has 236 valence electrons. The number of aliphatic carboxylic acids is 1. The van der Waals surface area contributed by atoms with Gasteiger partial charge in [-0.25, -0.2) is 9.59 Å². The van der Waals surface area contributed by atoms with E-state index < -0.39 is 65.6 Å². The molecule has 1 aromatic heterocycles. The molecule has 1 aliphatic heterocycles. The lowest BCUT2D eigenvalue weighted by Gasteiger charge is -2.35. The van der Waals surface area contributed by atoms with E-state index in [9.17, 15) is 29.1 Å². The average Bonchev–Trinajstić information content (AvgIpc) is 3.53. The third kappa shape index (κ3) is 8.48. The number of carboxylic acid groups (broad SMARTS) is 1. The van der Waals surface area contributed by atoms with Crippen molar-refractivity contribution in [3.05, 3.63) is 23.7 Å². The highest BCUT2D eigenvalue weighted by molar-refractivity contribution is 5.95. The van der Waals surface area contributed by atoms with E-state index in [0.29, 0.717) is 24.4 Å². The van der Waals surface area contributed by atoms with Gasteiger partial charge in [0.2, 0.25) is 17.7 Å². The zero-order chi connectivity index (χ0) is 32.1. The number of hydrogen-bond donors (Lipinski definition) is 3. The second-order valence-corrected chi connectivity index (χ2v) is 12.5. The van der Waals surface area contributed by atoms with Crippen LogP contribution in [0.3, 0.4) is 0 Å². The molecule has 0 radical (unpaired) electrons. The first-order valence-electron chi connectivity index (χ1n) is 14.6. The lowest BCUT2D eigenvalue weighted by atomic mass is 9.98. The normalized spacial score (nSPS) is 19.9. The van der Waals surface area contributed by atoms with Crippen LogP contribution in [-0.4, -0.2) is 81.5 Å². The molecule has 4 amide bonds. The van der Waals surface area contributed by atoms with Crippen LogP contribution >= 0.6 is 0 Å². The summed E-state index contributed by atoms with van der Waals surface area (Å²) >= 11 is 0. The largest absolute Gasteiger partial charge is 0.480 e. The summed E-state index contributed by atoms with van der Waals surface area (Å²) in [5.41, 5.74) is -0.753. The van der Waals surface area contributed by atoms with Gasteiger partial charge >= 0.3 is 12.1 Å². The number of hydrogen-bond acceptors (Lipinski definition) is 7. The van der Waals surface area contributed by atoms with Crippen LogP contribution in [0.5, 0.6) is 0 Å². The third-order valence-electron chi connectivity index (χ3n) is 7.68. The molecule has 1 saturated heterocycles. The molecule has 0 spiro atoms. The van der Waals surface area contributed by atoms with Crippen LogP contribution in [0.4, 0.5) is 4.79 Å². The summed E-state index contributed by atoms with van der Waals surface area (Å²) in [4.78, 5) is 68.1. The Hall–Kier alpha value is -3.57. The molecule has 1 aliphatic rings. The van der Waals surface area contributed by atoms with Gasteiger partial charge in [-0.3, -0.25) is 19.3 Å². The molecule has 2 unspecified atom stereocenters. The summed E-state index contributed by atoms with van der Waals surface area (Å²) in [6.07, 6.45) is 0.548. The Bertz CT molecular complexity index is 1140. The molecule has 0 aliphatic carbocycles. The predicted molar refractivity (Wildman–Crippen MR) is 155 cm³/mol. The Labute approximate surface area is 248 Å². The van der Waals surface area contributed by atoms with E-state index in [1.807, 2.05) is 6.92 Å². The Balaban J connectivity index is 2.38. The summed E-state index contributed by atoms with van der Waals surface area (Å²) in [6, 6.07) is -1.15. The van der Waals surface area contributed by atoms with Gasteiger partial charge in [0.05, 0.1) is 6.04 Å². The summed E-state index contributed by atoms with van der Waals surface area (Å²) in [7, 11) is 1.44. The van der Waals surface area contributed by atoms with Crippen molar-refractivity contribution in [3.8, 4) is 0 Å². The van der Waals surface area contributed by atoms with Crippen molar-refractivity contribution in [2.45, 2.75) is 117 Å². The quantitative estimate of drug-likeness (QED) is 0.351. The number of carbonyl (C=O) groups excluding carboxylic acids is 4. The molecule has 2 rings (SSSR count). The van der Waals surface area contributed by atoms with Crippen molar-refractivity contribution >= 4 is 29.8 Å². The number of nitrogens with one attached hydrogen (secondary N) is 2. The minimum atomic E-state index is -1.15. The molecule has 1 aromatic rings. The monoisotopic (exact) mass is 592 g/mol. The molecule has 2 heterocycles. The Kier molecular flexibility index (Phi) is 11.6. The van der Waals surface area contributed by atoms with Crippen molar-refractivity contribution in [1.29, 1.82) is 0 Å². The molecule has 6 atom stereocenters. The highest BCUT2D eigenvalue weighted by Crippen LogP contribution is 2.38. The molecule has 12 heteroatoms. The molecular weight excluding hydrogens is 544 g/mol. The van der Waals surface area contributed by atoms with Gasteiger partial charge in [0.25, 0.3) is 0 Å². The Morgan fingerprint density at radius 1 is 1.07 bits per heavy atom. The van der Waals surface area contributed by atoms with Crippen molar-refractivity contribution in [2.75, 3.05) is 7.05 Å². The number of ether oxygens (including phenoxy) is 1. The van der Waals surface area contributed by atoms with Crippen LogP contribution < -0.4 is 10.6 Å². The number of likely N-dealkylation sites (N-methyl/N-ethyl adjacent to an activating group) is 1. The minimum absolute atomic E-state index is 0.283. The topological polar surface area (TPSA) is 158 Å². The zero-order valence-electron chi connectivity index (χ0n) is 26.5. The highest BCUT2D eigenvalue weighted by atomic mass is 16.6. The van der Waals surface area contributed by atoms with E-state index in [4.69, 9.17) is 9.15 Å². The van der Waals surface area contributed by atoms with Crippen molar-refractivity contribution in [1.82, 2.24) is 20.4 Å². The van der Waals surface area contributed by atoms with Gasteiger partial charge < -0.3 is 29.8 Å². The third-order valence-corrected chi connectivity index (χ3v) is 7.68.